The van der Waals surface area contributed by atoms with Gasteiger partial charge in [0.15, 0.2) is 13.2 Å². The van der Waals surface area contributed by atoms with Crippen LogP contribution in [0, 0.1) is 81.3 Å². The Kier molecular flexibility index (Phi) is 26.0. The van der Waals surface area contributed by atoms with Gasteiger partial charge in [0.25, 0.3) is 0 Å². The molecular formula is C97H154O26. The van der Waals surface area contributed by atoms with Crippen LogP contribution >= 0.6 is 0 Å². The lowest BCUT2D eigenvalue weighted by atomic mass is 9.50. The average Bonchev–Trinajstić information content (AvgIpc) is 0.716. The first kappa shape index (κ1) is 95.9. The Hall–Kier alpha value is -4.64. The zero-order valence-electron chi connectivity index (χ0n) is 77.0. The van der Waals surface area contributed by atoms with E-state index >= 15 is 0 Å². The highest BCUT2D eigenvalue weighted by Crippen LogP contribution is 2.67. The van der Waals surface area contributed by atoms with Crippen molar-refractivity contribution in [2.45, 2.75) is 463 Å². The predicted molar refractivity (Wildman–Crippen MR) is 449 cm³/mol. The smallest absolute Gasteiger partial charge is 0.344 e. The number of carbonyl (C=O) groups excluding carboxylic acids is 8. The molecule has 24 fully saturated rings. The summed E-state index contributed by atoms with van der Waals surface area (Å²) in [6.45, 7) is 27.7. The van der Waals surface area contributed by atoms with Gasteiger partial charge < -0.3 is 89.0 Å². The summed E-state index contributed by atoms with van der Waals surface area (Å²) in [6.07, 6.45) is 29.3. The third-order valence-electron chi connectivity index (χ3n) is 33.7. The molecule has 26 nitrogen and oxygen atoms in total. The van der Waals surface area contributed by atoms with Gasteiger partial charge in [0.2, 0.25) is 0 Å². The molecule has 24 aliphatic carbocycles. The molecule has 0 aromatic rings. The highest BCUT2D eigenvalue weighted by Gasteiger charge is 2.70. The van der Waals surface area contributed by atoms with Crippen LogP contribution in [0.2, 0.25) is 0 Å². The topological polar surface area (TPSA) is 413 Å². The number of carbonyl (C=O) groups is 8. The summed E-state index contributed by atoms with van der Waals surface area (Å²) in [5.41, 5.74) is -13.4. The van der Waals surface area contributed by atoms with Crippen molar-refractivity contribution >= 4 is 47.8 Å². The number of esters is 8. The lowest BCUT2D eigenvalue weighted by Crippen LogP contribution is -2.67. The van der Waals surface area contributed by atoms with E-state index in [0.29, 0.717) is 165 Å². The molecule has 15 unspecified atom stereocenters. The Morgan fingerprint density at radius 2 is 0.472 bits per heavy atom. The molecule has 15 atom stereocenters. The van der Waals surface area contributed by atoms with Gasteiger partial charge in [-0.15, -0.1) is 0 Å². The number of aliphatic hydroxyl groups is 10. The van der Waals surface area contributed by atoms with Crippen LogP contribution in [0.25, 0.3) is 0 Å². The van der Waals surface area contributed by atoms with Crippen LogP contribution in [0.4, 0.5) is 0 Å². The minimum atomic E-state index is -0.949. The Bertz CT molecular complexity index is 3850. The van der Waals surface area contributed by atoms with Gasteiger partial charge >= 0.3 is 47.8 Å². The zero-order valence-corrected chi connectivity index (χ0v) is 77.0. The fourth-order valence-corrected chi connectivity index (χ4v) is 29.3. The molecule has 0 saturated heterocycles. The van der Waals surface area contributed by atoms with Crippen molar-refractivity contribution in [3.63, 3.8) is 0 Å². The van der Waals surface area contributed by atoms with Crippen LogP contribution in [0.1, 0.15) is 374 Å². The molecule has 698 valence electrons. The Morgan fingerprint density at radius 3 is 0.740 bits per heavy atom. The van der Waals surface area contributed by atoms with Crippen LogP contribution in [-0.2, 0) is 76.3 Å². The van der Waals surface area contributed by atoms with E-state index < -0.39 is 132 Å². The highest BCUT2D eigenvalue weighted by molar-refractivity contribution is 5.81. The van der Waals surface area contributed by atoms with Gasteiger partial charge in [-0.25, -0.2) is 9.59 Å². The van der Waals surface area contributed by atoms with Crippen LogP contribution in [-0.4, -0.2) is 202 Å². The van der Waals surface area contributed by atoms with Gasteiger partial charge in [0.05, 0.1) is 90.0 Å². The van der Waals surface area contributed by atoms with Crippen molar-refractivity contribution < 1.29 is 127 Å². The third-order valence-corrected chi connectivity index (χ3v) is 33.7. The maximum absolute atomic E-state index is 12.4. The first-order valence-electron chi connectivity index (χ1n) is 47.7. The van der Waals surface area contributed by atoms with Crippen molar-refractivity contribution in [2.75, 3.05) is 13.2 Å². The minimum absolute atomic E-state index is 0.0207. The first-order valence-corrected chi connectivity index (χ1v) is 47.7. The summed E-state index contributed by atoms with van der Waals surface area (Å²) in [7, 11) is 0. The summed E-state index contributed by atoms with van der Waals surface area (Å²) in [4.78, 5) is 96.8. The van der Waals surface area contributed by atoms with E-state index in [1.807, 2.05) is 83.1 Å². The second kappa shape index (κ2) is 33.3. The van der Waals surface area contributed by atoms with Crippen LogP contribution < -0.4 is 0 Å². The molecule has 0 aromatic carbocycles. The van der Waals surface area contributed by atoms with E-state index in [2.05, 4.69) is 0 Å². The molecule has 24 bridgehead atoms. The minimum Gasteiger partial charge on any atom is -0.459 e. The van der Waals surface area contributed by atoms with Gasteiger partial charge in [-0.3, -0.25) is 28.8 Å². The standard InChI is InChI=1S/C18H28O6.C17H26O6.C16H26O4.C16H26O3.C15H24O4.C15H24O3/c1-4-15(2,3)14(20)23-8-13(19)24-18-7-12-5-16(21,10-18)9-17(22,6-12)11-18;1-3-11(2)14(19)22-7-13(18)23-17-6-12-4-15(20,9-17)8-16(21,5-12)10-17;1-4-13(2,3)12(17)20-16-7-11-5-14(18,9-16)8-15(19,6-11)10-16;1-4-14(2,3)13(17)19-16-8-11-5-12(9-16)7-15(18,6-11)10-16;1-3-10(2)12(16)19-15-6-11-4-13(17,8-15)7-14(18,5-11)9-15;1-3-10(2)13(16)18-15-7-11-4-12(8-15)6-14(17,5-11)9-15/h12,21-22H,4-11H2,1-3H3;11-12,20-21H,3-10H2,1-2H3;11,18-19H,4-10H2,1-3H3;11-12,18H,4-10H2,1-3H3;10-11,17-18H,3-9H2,1-2H3;10-12,17H,3-9H2,1-2H3. The maximum Gasteiger partial charge on any atom is 0.344 e. The molecule has 26 heteroatoms. The van der Waals surface area contributed by atoms with Crippen molar-refractivity contribution in [1.29, 1.82) is 0 Å². The first-order chi connectivity index (χ1) is 56.7. The lowest BCUT2D eigenvalue weighted by Gasteiger charge is -2.62. The van der Waals surface area contributed by atoms with Gasteiger partial charge in [-0.05, 0) is 269 Å². The molecular weight excluding hydrogens is 1580 g/mol. The highest BCUT2D eigenvalue weighted by atomic mass is 16.6. The summed E-state index contributed by atoms with van der Waals surface area (Å²) >= 11 is 0. The maximum atomic E-state index is 12.4. The van der Waals surface area contributed by atoms with Crippen molar-refractivity contribution in [3.8, 4) is 0 Å². The van der Waals surface area contributed by atoms with Gasteiger partial charge in [0.1, 0.15) is 33.6 Å². The van der Waals surface area contributed by atoms with E-state index in [1.165, 1.54) is 12.8 Å². The van der Waals surface area contributed by atoms with Crippen LogP contribution in [0.5, 0.6) is 0 Å². The van der Waals surface area contributed by atoms with Crippen LogP contribution in [0.3, 0.4) is 0 Å². The monoisotopic (exact) mass is 1740 g/mol. The van der Waals surface area contributed by atoms with Gasteiger partial charge in [-0.2, -0.15) is 0 Å². The molecule has 0 aromatic heterocycles. The van der Waals surface area contributed by atoms with Crippen molar-refractivity contribution in [3.05, 3.63) is 0 Å². The van der Waals surface area contributed by atoms with E-state index in [-0.39, 0.29) is 76.5 Å². The predicted octanol–water partition coefficient (Wildman–Crippen LogP) is 12.7. The molecule has 0 spiro atoms. The molecule has 0 aliphatic heterocycles. The van der Waals surface area contributed by atoms with Gasteiger partial charge in [-0.1, -0.05) is 62.3 Å². The summed E-state index contributed by atoms with van der Waals surface area (Å²) in [5.74, 6) is 0.215. The number of ether oxygens (including phenoxy) is 8. The third kappa shape index (κ3) is 21.1. The van der Waals surface area contributed by atoms with E-state index in [0.717, 1.165) is 116 Å². The second-order valence-corrected chi connectivity index (χ2v) is 47.7. The summed E-state index contributed by atoms with van der Waals surface area (Å²) in [5, 5.41) is 106. The Morgan fingerprint density at radius 1 is 0.260 bits per heavy atom. The molecule has 10 N–H and O–H groups in total. The van der Waals surface area contributed by atoms with Crippen molar-refractivity contribution in [1.82, 2.24) is 0 Å². The fourth-order valence-electron chi connectivity index (χ4n) is 29.3. The number of hydrogen-bond acceptors (Lipinski definition) is 26. The molecule has 24 rings (SSSR count). The normalized spacial score (nSPS) is 44.7. The largest absolute Gasteiger partial charge is 0.459 e. The second-order valence-electron chi connectivity index (χ2n) is 47.7. The Balaban J connectivity index is 0.000000127. The zero-order chi connectivity index (χ0) is 90.2. The quantitative estimate of drug-likeness (QED) is 0.0355. The summed E-state index contributed by atoms with van der Waals surface area (Å²) in [6, 6.07) is 0. The van der Waals surface area contributed by atoms with Crippen LogP contribution in [0.15, 0.2) is 0 Å². The van der Waals surface area contributed by atoms with Gasteiger partial charge in [0, 0.05) is 89.9 Å². The Labute approximate surface area is 729 Å². The molecule has 0 heterocycles. The number of hydrogen-bond donors (Lipinski definition) is 10. The molecule has 24 saturated carbocycles. The molecule has 0 amide bonds. The molecule has 123 heavy (non-hydrogen) atoms. The molecule has 24 aliphatic rings. The average molecular weight is 1740 g/mol. The lowest BCUT2D eigenvalue weighted by molar-refractivity contribution is -0.265. The van der Waals surface area contributed by atoms with E-state index in [4.69, 9.17) is 37.9 Å². The molecule has 0 radical (unpaired) electrons. The summed E-state index contributed by atoms with van der Waals surface area (Å²) < 4.78 is 44.8. The van der Waals surface area contributed by atoms with E-state index in [1.54, 1.807) is 20.8 Å². The van der Waals surface area contributed by atoms with E-state index in [9.17, 15) is 89.4 Å². The van der Waals surface area contributed by atoms with Crippen molar-refractivity contribution in [2.24, 2.45) is 81.3 Å². The fraction of sp³-hybridized carbons (Fsp3) is 0.918. The number of rotatable bonds is 22. The SMILES string of the molecule is CCC(C)(C)C(=O)OC12CC3CC(CC(O)(C3)C1)C2.CCC(C)(C)C(=O)OC12CC3CC(O)(CC(O)(C3)C1)C2.CCC(C)(C)C(=O)OCC(=O)OC12CC3CC(O)(CC(O)(C3)C1)C2.CCC(C)C(=O)OC12CC3CC(CC(O)(C3)C1)C2.CCC(C)C(=O)OC12CC3CC(O)(CC(O)(C3)C1)C2.CCC(C)C(=O)OCC(=O)OC12CC3CC(O)(CC(O)(C3)C1)C2.